The molecule has 1 amide bonds. The molecule has 0 bridgehead atoms. The first-order valence-corrected chi connectivity index (χ1v) is 11.9. The van der Waals surface area contributed by atoms with Crippen molar-refractivity contribution in [1.82, 2.24) is 15.2 Å². The lowest BCUT2D eigenvalue weighted by atomic mass is 10.2. The zero-order valence-corrected chi connectivity index (χ0v) is 20.0. The van der Waals surface area contributed by atoms with Crippen molar-refractivity contribution in [3.8, 4) is 22.9 Å². The van der Waals surface area contributed by atoms with Crippen molar-refractivity contribution in [3.05, 3.63) is 78.4 Å². The number of hydrogen-bond donors (Lipinski definition) is 2. The zero-order valence-electron chi connectivity index (χ0n) is 19.2. The Balaban J connectivity index is 1.49. The maximum atomic E-state index is 12.9. The molecule has 11 heteroatoms. The van der Waals surface area contributed by atoms with Crippen LogP contribution in [-0.2, 0) is 10.0 Å². The lowest BCUT2D eigenvalue weighted by Gasteiger charge is -2.19. The fraction of sp³-hybridized carbons (Fsp3) is 0.125. The fourth-order valence-electron chi connectivity index (χ4n) is 3.32. The number of hydrogen-bond acceptors (Lipinski definition) is 7. The van der Waals surface area contributed by atoms with E-state index in [1.165, 1.54) is 42.7 Å². The molecule has 0 fully saturated rings. The largest absolute Gasteiger partial charge is 0.497 e. The molecule has 180 valence electrons. The number of nitrogens with one attached hydrogen (secondary N) is 2. The molecule has 4 aromatic rings. The highest BCUT2D eigenvalue weighted by molar-refractivity contribution is 7.92. The van der Waals surface area contributed by atoms with Gasteiger partial charge in [-0.3, -0.25) is 19.5 Å². The number of aromatic amines is 1. The van der Waals surface area contributed by atoms with Gasteiger partial charge in [-0.1, -0.05) is 18.2 Å². The first kappa shape index (κ1) is 23.8. The van der Waals surface area contributed by atoms with E-state index in [2.05, 4.69) is 20.5 Å². The average molecular weight is 494 g/mol. The van der Waals surface area contributed by atoms with Gasteiger partial charge in [0.15, 0.2) is 5.82 Å². The van der Waals surface area contributed by atoms with Crippen LogP contribution in [0.5, 0.6) is 11.5 Å². The molecule has 2 N–H and O–H groups in total. The Hall–Kier alpha value is -4.38. The van der Waals surface area contributed by atoms with Gasteiger partial charge >= 0.3 is 0 Å². The van der Waals surface area contributed by atoms with E-state index in [0.717, 1.165) is 0 Å². The molecule has 0 aliphatic heterocycles. The summed E-state index contributed by atoms with van der Waals surface area (Å²) >= 11 is 0. The van der Waals surface area contributed by atoms with Crippen molar-refractivity contribution in [2.24, 2.45) is 0 Å². The molecular weight excluding hydrogens is 470 g/mol. The molecule has 0 aliphatic rings. The standard InChI is InChI=1S/C24H23N5O5S/c1-29(17-7-5-4-6-8-17)35(31,32)19-12-9-16(10-13-19)23(30)26-24-25-22(27-28-24)20-14-11-18(33-2)15-21(20)34-3/h4-15H,1-3H3,(H2,25,26,27,28,30). The van der Waals surface area contributed by atoms with E-state index in [9.17, 15) is 13.2 Å². The second-order valence-electron chi connectivity index (χ2n) is 7.36. The van der Waals surface area contributed by atoms with Crippen LogP contribution in [0.4, 0.5) is 11.6 Å². The van der Waals surface area contributed by atoms with Crippen LogP contribution in [0.15, 0.2) is 77.7 Å². The number of H-pyrrole nitrogens is 1. The van der Waals surface area contributed by atoms with Gasteiger partial charge in [0.2, 0.25) is 5.95 Å². The summed E-state index contributed by atoms with van der Waals surface area (Å²) in [6, 6.07) is 19.6. The summed E-state index contributed by atoms with van der Waals surface area (Å²) in [6.07, 6.45) is 0. The number of aromatic nitrogens is 3. The molecule has 0 aliphatic carbocycles. The smallest absolute Gasteiger partial charge is 0.264 e. The molecule has 0 atom stereocenters. The number of anilines is 2. The Kier molecular flexibility index (Phi) is 6.69. The van der Waals surface area contributed by atoms with Gasteiger partial charge in [-0.2, -0.15) is 4.98 Å². The van der Waals surface area contributed by atoms with Crippen LogP contribution in [0.25, 0.3) is 11.4 Å². The second-order valence-corrected chi connectivity index (χ2v) is 9.33. The molecule has 0 saturated carbocycles. The molecule has 10 nitrogen and oxygen atoms in total. The number of sulfonamides is 1. The summed E-state index contributed by atoms with van der Waals surface area (Å²) in [7, 11) is 0.777. The molecule has 0 saturated heterocycles. The third-order valence-corrected chi connectivity index (χ3v) is 7.07. The number of carbonyl (C=O) groups excluding carboxylic acids is 1. The van der Waals surface area contributed by atoms with Crippen LogP contribution in [0, 0.1) is 0 Å². The van der Waals surface area contributed by atoms with Gasteiger partial charge in [-0.25, -0.2) is 8.42 Å². The van der Waals surface area contributed by atoms with Crippen molar-refractivity contribution < 1.29 is 22.7 Å². The lowest BCUT2D eigenvalue weighted by Crippen LogP contribution is -2.26. The Morgan fingerprint density at radius 2 is 1.69 bits per heavy atom. The van der Waals surface area contributed by atoms with E-state index in [-0.39, 0.29) is 16.4 Å². The highest BCUT2D eigenvalue weighted by Crippen LogP contribution is 2.31. The zero-order chi connectivity index (χ0) is 25.0. The number of benzene rings is 3. The minimum atomic E-state index is -3.78. The van der Waals surface area contributed by atoms with Gasteiger partial charge in [-0.05, 0) is 48.5 Å². The number of amides is 1. The normalized spacial score (nSPS) is 11.1. The fourth-order valence-corrected chi connectivity index (χ4v) is 4.51. The Morgan fingerprint density at radius 3 is 2.34 bits per heavy atom. The van der Waals surface area contributed by atoms with Gasteiger partial charge in [0, 0.05) is 18.7 Å². The quantitative estimate of drug-likeness (QED) is 0.384. The monoisotopic (exact) mass is 493 g/mol. The highest BCUT2D eigenvalue weighted by Gasteiger charge is 2.22. The lowest BCUT2D eigenvalue weighted by molar-refractivity contribution is 0.102. The Morgan fingerprint density at radius 1 is 0.971 bits per heavy atom. The van der Waals surface area contributed by atoms with E-state index in [1.54, 1.807) is 49.6 Å². The first-order valence-electron chi connectivity index (χ1n) is 10.4. The predicted molar refractivity (Wildman–Crippen MR) is 131 cm³/mol. The van der Waals surface area contributed by atoms with Crippen molar-refractivity contribution in [3.63, 3.8) is 0 Å². The predicted octanol–water partition coefficient (Wildman–Crippen LogP) is 3.57. The Labute approximate surface area is 202 Å². The van der Waals surface area contributed by atoms with Gasteiger partial charge in [0.05, 0.1) is 30.4 Å². The van der Waals surface area contributed by atoms with Crippen LogP contribution in [0.1, 0.15) is 10.4 Å². The number of ether oxygens (including phenoxy) is 2. The molecule has 0 spiro atoms. The second kappa shape index (κ2) is 9.85. The maximum absolute atomic E-state index is 12.9. The minimum Gasteiger partial charge on any atom is -0.497 e. The average Bonchev–Trinajstić information content (AvgIpc) is 3.36. The molecule has 4 rings (SSSR count). The first-order chi connectivity index (χ1) is 16.8. The summed E-state index contributed by atoms with van der Waals surface area (Å²) in [5.41, 5.74) is 1.42. The van der Waals surface area contributed by atoms with Gasteiger partial charge in [-0.15, -0.1) is 5.10 Å². The summed E-state index contributed by atoms with van der Waals surface area (Å²) in [5.74, 6) is 1.11. The Bertz CT molecular complexity index is 1440. The molecule has 0 unspecified atom stereocenters. The number of para-hydroxylation sites is 1. The van der Waals surface area contributed by atoms with Gasteiger partial charge < -0.3 is 9.47 Å². The van der Waals surface area contributed by atoms with Gasteiger partial charge in [0.25, 0.3) is 15.9 Å². The molecule has 3 aromatic carbocycles. The van der Waals surface area contributed by atoms with Crippen LogP contribution >= 0.6 is 0 Å². The summed E-state index contributed by atoms with van der Waals surface area (Å²) in [4.78, 5) is 17.0. The van der Waals surface area contributed by atoms with E-state index in [4.69, 9.17) is 9.47 Å². The molecule has 1 aromatic heterocycles. The topological polar surface area (TPSA) is 127 Å². The van der Waals surface area contributed by atoms with Crippen LogP contribution in [-0.4, -0.2) is 50.8 Å². The van der Waals surface area contributed by atoms with E-state index in [0.29, 0.717) is 28.6 Å². The summed E-state index contributed by atoms with van der Waals surface area (Å²) in [5, 5.41) is 9.40. The third-order valence-electron chi connectivity index (χ3n) is 5.27. The maximum Gasteiger partial charge on any atom is 0.264 e. The van der Waals surface area contributed by atoms with Crippen LogP contribution in [0.2, 0.25) is 0 Å². The van der Waals surface area contributed by atoms with Crippen LogP contribution in [0.3, 0.4) is 0 Å². The van der Waals surface area contributed by atoms with Crippen molar-refractivity contribution in [1.29, 1.82) is 0 Å². The number of nitrogens with zero attached hydrogens (tertiary/aromatic N) is 3. The third kappa shape index (κ3) is 4.94. The van der Waals surface area contributed by atoms with E-state index < -0.39 is 15.9 Å². The van der Waals surface area contributed by atoms with Crippen LogP contribution < -0.4 is 19.1 Å². The molecule has 0 radical (unpaired) electrons. The molecule has 1 heterocycles. The number of rotatable bonds is 8. The van der Waals surface area contributed by atoms with E-state index >= 15 is 0 Å². The van der Waals surface area contributed by atoms with Gasteiger partial charge in [0.1, 0.15) is 11.5 Å². The number of methoxy groups -OCH3 is 2. The van der Waals surface area contributed by atoms with E-state index in [1.807, 2.05) is 6.07 Å². The minimum absolute atomic E-state index is 0.0587. The number of carbonyl (C=O) groups is 1. The SMILES string of the molecule is COc1ccc(-c2nc(NC(=O)c3ccc(S(=O)(=O)N(C)c4ccccc4)cc3)n[nH]2)c(OC)c1. The van der Waals surface area contributed by atoms with Crippen molar-refractivity contribution in [2.75, 3.05) is 30.9 Å². The molecular formula is C24H23N5O5S. The summed E-state index contributed by atoms with van der Waals surface area (Å²) in [6.45, 7) is 0. The van der Waals surface area contributed by atoms with Crippen molar-refractivity contribution in [2.45, 2.75) is 4.90 Å². The summed E-state index contributed by atoms with van der Waals surface area (Å²) < 4.78 is 37.6. The van der Waals surface area contributed by atoms with Crippen molar-refractivity contribution >= 4 is 27.6 Å². The highest BCUT2D eigenvalue weighted by atomic mass is 32.2. The molecule has 35 heavy (non-hydrogen) atoms.